The molecule has 1 aliphatic rings. The molecule has 1 rings (SSSR count). The molecule has 0 aromatic carbocycles. The number of hydrogen-bond donors (Lipinski definition) is 0. The molecule has 0 saturated heterocycles. The molecule has 0 aliphatic carbocycles. The Morgan fingerprint density at radius 1 is 1.58 bits per heavy atom. The van der Waals surface area contributed by atoms with E-state index in [2.05, 4.69) is 29.4 Å². The first kappa shape index (κ1) is 9.52. The fourth-order valence-electron chi connectivity index (χ4n) is 1.07. The van der Waals surface area contributed by atoms with Crippen LogP contribution in [0, 0.1) is 0 Å². The Kier molecular flexibility index (Phi) is 3.09. The van der Waals surface area contributed by atoms with E-state index in [1.807, 2.05) is 0 Å². The van der Waals surface area contributed by atoms with Gasteiger partial charge in [-0.2, -0.15) is 0 Å². The van der Waals surface area contributed by atoms with Gasteiger partial charge in [0.15, 0.2) is 0 Å². The Bertz CT molecular complexity index is 253. The van der Waals surface area contributed by atoms with Crippen molar-refractivity contribution in [3.05, 3.63) is 22.4 Å². The highest BCUT2D eigenvalue weighted by Crippen LogP contribution is 2.32. The molecular weight excluding hydrogens is 220 g/mol. The predicted molar refractivity (Wildman–Crippen MR) is 50.7 cm³/mol. The fourth-order valence-corrected chi connectivity index (χ4v) is 1.57. The van der Waals surface area contributed by atoms with Crippen LogP contribution in [-0.4, -0.2) is 5.97 Å². The smallest absolute Gasteiger partial charge is 0.351 e. The molecule has 0 radical (unpaired) electrons. The van der Waals surface area contributed by atoms with Gasteiger partial charge in [0.05, 0.1) is 0 Å². The van der Waals surface area contributed by atoms with Crippen LogP contribution in [0.4, 0.5) is 0 Å². The summed E-state index contributed by atoms with van der Waals surface area (Å²) in [6, 6.07) is 0. The van der Waals surface area contributed by atoms with Crippen LogP contribution in [0.2, 0.25) is 0 Å². The number of carbonyl (C=O) groups excluding carboxylic acids is 1. The van der Waals surface area contributed by atoms with Crippen molar-refractivity contribution < 1.29 is 9.53 Å². The third-order valence-corrected chi connectivity index (χ3v) is 2.58. The van der Waals surface area contributed by atoms with Gasteiger partial charge in [-0.3, -0.25) is 0 Å². The molecule has 12 heavy (non-hydrogen) atoms. The van der Waals surface area contributed by atoms with Gasteiger partial charge in [-0.05, 0) is 28.8 Å². The summed E-state index contributed by atoms with van der Waals surface area (Å²) < 4.78 is 5.37. The molecule has 0 unspecified atom stereocenters. The third-order valence-electron chi connectivity index (χ3n) is 1.78. The first-order chi connectivity index (χ1) is 5.66. The Labute approximate surface area is 80.4 Å². The first-order valence-electron chi connectivity index (χ1n) is 3.97. The lowest BCUT2D eigenvalue weighted by Gasteiger charge is -1.99. The highest BCUT2D eigenvalue weighted by Gasteiger charge is 2.25. The molecule has 0 saturated carbocycles. The van der Waals surface area contributed by atoms with Crippen molar-refractivity contribution in [2.45, 2.75) is 26.2 Å². The van der Waals surface area contributed by atoms with E-state index in [9.17, 15) is 4.79 Å². The summed E-state index contributed by atoms with van der Waals surface area (Å²) in [4.78, 5) is 11.0. The van der Waals surface area contributed by atoms with Gasteiger partial charge in [0.25, 0.3) is 0 Å². The Morgan fingerprint density at radius 3 is 2.67 bits per heavy atom. The highest BCUT2D eigenvalue weighted by atomic mass is 79.9. The monoisotopic (exact) mass is 230 g/mol. The van der Waals surface area contributed by atoms with Crippen LogP contribution >= 0.6 is 15.9 Å². The summed E-state index contributed by atoms with van der Waals surface area (Å²) in [6.45, 7) is 5.76. The second-order valence-corrected chi connectivity index (χ2v) is 3.50. The number of carbonyl (C=O) groups is 1. The lowest BCUT2D eigenvalue weighted by molar-refractivity contribution is -0.132. The van der Waals surface area contributed by atoms with Crippen molar-refractivity contribution in [3.63, 3.8) is 0 Å². The Morgan fingerprint density at radius 2 is 2.25 bits per heavy atom. The molecule has 0 atom stereocenters. The van der Waals surface area contributed by atoms with Gasteiger partial charge in [0, 0.05) is 5.57 Å². The summed E-state index contributed by atoms with van der Waals surface area (Å²) in [6.07, 6.45) is 3.02. The van der Waals surface area contributed by atoms with Crippen molar-refractivity contribution in [2.75, 3.05) is 0 Å². The van der Waals surface area contributed by atoms with E-state index in [1.54, 1.807) is 0 Å². The fraction of sp³-hybridized carbons (Fsp3) is 0.444. The zero-order valence-corrected chi connectivity index (χ0v) is 8.61. The molecule has 0 bridgehead atoms. The minimum Gasteiger partial charge on any atom is -0.423 e. The quantitative estimate of drug-likeness (QED) is 0.698. The van der Waals surface area contributed by atoms with Gasteiger partial charge in [0.2, 0.25) is 0 Å². The normalized spacial score (nSPS) is 17.2. The van der Waals surface area contributed by atoms with Crippen LogP contribution in [0.15, 0.2) is 22.4 Å². The van der Waals surface area contributed by atoms with E-state index in [-0.39, 0.29) is 5.97 Å². The van der Waals surface area contributed by atoms with E-state index in [1.165, 1.54) is 0 Å². The minimum atomic E-state index is -0.314. The number of rotatable bonds is 3. The molecule has 3 heteroatoms. The molecule has 1 aliphatic heterocycles. The van der Waals surface area contributed by atoms with Crippen LogP contribution in [-0.2, 0) is 9.53 Å². The summed E-state index contributed by atoms with van der Waals surface area (Å²) in [5.41, 5.74) is 0.918. The second-order valence-electron chi connectivity index (χ2n) is 2.71. The van der Waals surface area contributed by atoms with Gasteiger partial charge in [0.1, 0.15) is 10.2 Å². The molecule has 0 aromatic heterocycles. The van der Waals surface area contributed by atoms with Gasteiger partial charge >= 0.3 is 5.97 Å². The molecule has 0 amide bonds. The van der Waals surface area contributed by atoms with Gasteiger partial charge in [-0.15, -0.1) is 0 Å². The largest absolute Gasteiger partial charge is 0.423 e. The van der Waals surface area contributed by atoms with Crippen LogP contribution in [0.5, 0.6) is 0 Å². The maximum Gasteiger partial charge on any atom is 0.351 e. The summed E-state index contributed by atoms with van der Waals surface area (Å²) >= 11 is 3.18. The average molecular weight is 231 g/mol. The van der Waals surface area contributed by atoms with Crippen molar-refractivity contribution in [1.82, 2.24) is 0 Å². The van der Waals surface area contributed by atoms with E-state index in [4.69, 9.17) is 4.74 Å². The number of halogens is 1. The molecule has 0 fully saturated rings. The topological polar surface area (TPSA) is 26.3 Å². The SMILES string of the molecule is C=C1OC(=O)C(Br)=C1CCCC. The van der Waals surface area contributed by atoms with Gasteiger partial charge in [-0.25, -0.2) is 4.79 Å². The molecule has 0 N–H and O–H groups in total. The summed E-state index contributed by atoms with van der Waals surface area (Å²) in [5, 5.41) is 0. The van der Waals surface area contributed by atoms with Gasteiger partial charge < -0.3 is 4.74 Å². The van der Waals surface area contributed by atoms with Crippen molar-refractivity contribution >= 4 is 21.9 Å². The van der Waals surface area contributed by atoms with Crippen LogP contribution < -0.4 is 0 Å². The first-order valence-corrected chi connectivity index (χ1v) is 4.76. The predicted octanol–water partition coefficient (Wildman–Crippen LogP) is 2.90. The number of hydrogen-bond acceptors (Lipinski definition) is 2. The number of ether oxygens (including phenoxy) is 1. The minimum absolute atomic E-state index is 0.314. The summed E-state index contributed by atoms with van der Waals surface area (Å²) in [7, 11) is 0. The van der Waals surface area contributed by atoms with E-state index < -0.39 is 0 Å². The molecule has 0 spiro atoms. The number of cyclic esters (lactones) is 1. The highest BCUT2D eigenvalue weighted by molar-refractivity contribution is 9.12. The lowest BCUT2D eigenvalue weighted by atomic mass is 10.1. The third kappa shape index (κ3) is 1.78. The van der Waals surface area contributed by atoms with Crippen molar-refractivity contribution in [1.29, 1.82) is 0 Å². The molecule has 0 aromatic rings. The maximum absolute atomic E-state index is 11.0. The molecule has 2 nitrogen and oxygen atoms in total. The number of allylic oxidation sites excluding steroid dienone is 1. The van der Waals surface area contributed by atoms with E-state index in [0.717, 1.165) is 24.8 Å². The summed E-state index contributed by atoms with van der Waals surface area (Å²) in [5.74, 6) is 0.187. The lowest BCUT2D eigenvalue weighted by Crippen LogP contribution is -1.91. The van der Waals surface area contributed by atoms with Crippen molar-refractivity contribution in [3.8, 4) is 0 Å². The van der Waals surface area contributed by atoms with E-state index >= 15 is 0 Å². The zero-order chi connectivity index (χ0) is 9.14. The van der Waals surface area contributed by atoms with Crippen LogP contribution in [0.3, 0.4) is 0 Å². The Balaban J connectivity index is 2.71. The number of unbranched alkanes of at least 4 members (excludes halogenated alkanes) is 1. The standard InChI is InChI=1S/C9H11BrO2/c1-3-4-5-7-6(2)12-9(11)8(7)10/h2-5H2,1H3. The molecule has 1 heterocycles. The van der Waals surface area contributed by atoms with Crippen LogP contribution in [0.25, 0.3) is 0 Å². The molecule has 66 valence electrons. The number of esters is 1. The van der Waals surface area contributed by atoms with Crippen LogP contribution in [0.1, 0.15) is 26.2 Å². The zero-order valence-electron chi connectivity index (χ0n) is 7.02. The maximum atomic E-state index is 11.0. The Hall–Kier alpha value is -0.570. The van der Waals surface area contributed by atoms with Gasteiger partial charge in [-0.1, -0.05) is 19.9 Å². The average Bonchev–Trinajstić information content (AvgIpc) is 2.25. The van der Waals surface area contributed by atoms with E-state index in [0.29, 0.717) is 10.2 Å². The second kappa shape index (κ2) is 3.90. The molecular formula is C9H11BrO2. The van der Waals surface area contributed by atoms with Crippen molar-refractivity contribution in [2.24, 2.45) is 0 Å².